The van der Waals surface area contributed by atoms with Crippen LogP contribution in [0.5, 0.6) is 0 Å². The van der Waals surface area contributed by atoms with Crippen molar-refractivity contribution in [3.8, 4) is 33.1 Å². The Kier molecular flexibility index (Phi) is 4.77. The van der Waals surface area contributed by atoms with Crippen LogP contribution in [0, 0.1) is 0 Å². The van der Waals surface area contributed by atoms with Crippen molar-refractivity contribution in [1.82, 2.24) is 20.2 Å². The second-order valence-corrected chi connectivity index (χ2v) is 10.1. The molecule has 3 N–H and O–H groups in total. The Labute approximate surface area is 215 Å². The molecule has 0 bridgehead atoms. The van der Waals surface area contributed by atoms with E-state index in [1.54, 1.807) is 0 Å². The number of benzene rings is 5. The molecule has 0 aliphatic rings. The van der Waals surface area contributed by atoms with Gasteiger partial charge in [-0.05, 0) is 40.1 Å². The average Bonchev–Trinajstić information content (AvgIpc) is 3.56. The van der Waals surface area contributed by atoms with Crippen LogP contribution in [0.3, 0.4) is 0 Å². The maximum atomic E-state index is 6.43. The average molecular weight is 504 g/mol. The van der Waals surface area contributed by atoms with Gasteiger partial charge in [0.25, 0.3) is 0 Å². The van der Waals surface area contributed by atoms with Crippen molar-refractivity contribution in [2.24, 2.45) is 0 Å². The standard InChI is InChI=1S/C29H18ClN5S/c30-20-14-18(13-19(15-20)28-34-35-29(31)36-28)16-9-11-17(12-10-16)27-32-25-23-7-3-1-5-21(23)22-6-2-4-8-24(22)26(25)33-27/h1-15H,(H2,31,35)(H,32,33). The molecule has 0 spiro atoms. The first kappa shape index (κ1) is 21.1. The molecule has 0 saturated heterocycles. The number of nitrogens with one attached hydrogen (secondary N) is 1. The van der Waals surface area contributed by atoms with Crippen LogP contribution in [0.15, 0.2) is 91.0 Å². The second-order valence-electron chi connectivity index (χ2n) is 8.65. The number of aromatic amines is 1. The summed E-state index contributed by atoms with van der Waals surface area (Å²) in [6.45, 7) is 0. The molecule has 5 nitrogen and oxygen atoms in total. The molecule has 0 aliphatic heterocycles. The maximum absolute atomic E-state index is 6.43. The normalized spacial score (nSPS) is 11.6. The molecule has 0 fully saturated rings. The molecule has 0 amide bonds. The van der Waals surface area contributed by atoms with Crippen LogP contribution >= 0.6 is 22.9 Å². The van der Waals surface area contributed by atoms with Crippen molar-refractivity contribution >= 4 is 60.6 Å². The Morgan fingerprint density at radius 2 is 1.31 bits per heavy atom. The summed E-state index contributed by atoms with van der Waals surface area (Å²) >= 11 is 7.78. The molecule has 7 aromatic rings. The van der Waals surface area contributed by atoms with E-state index >= 15 is 0 Å². The minimum Gasteiger partial charge on any atom is -0.374 e. The van der Waals surface area contributed by atoms with E-state index in [1.165, 1.54) is 27.5 Å². The number of fused-ring (bicyclic) bond motifs is 6. The molecule has 7 heteroatoms. The molecule has 2 aromatic heterocycles. The van der Waals surface area contributed by atoms with Crippen LogP contribution in [0.1, 0.15) is 0 Å². The van der Waals surface area contributed by atoms with Crippen LogP contribution in [-0.4, -0.2) is 20.2 Å². The molecule has 0 saturated carbocycles. The summed E-state index contributed by atoms with van der Waals surface area (Å²) in [4.78, 5) is 8.62. The molecule has 36 heavy (non-hydrogen) atoms. The SMILES string of the molecule is Nc1nnc(-c2cc(Cl)cc(-c3ccc(-c4nc5c6ccccc6c6ccccc6c5[nH]4)cc3)c2)s1. The Balaban J connectivity index is 1.33. The second kappa shape index (κ2) is 8.16. The Bertz CT molecular complexity index is 1850. The topological polar surface area (TPSA) is 80.5 Å². The number of halogens is 1. The van der Waals surface area contributed by atoms with Crippen LogP contribution in [0.4, 0.5) is 5.13 Å². The summed E-state index contributed by atoms with van der Waals surface area (Å²) in [7, 11) is 0. The number of H-pyrrole nitrogens is 1. The molecular formula is C29H18ClN5S. The van der Waals surface area contributed by atoms with Gasteiger partial charge in [0.05, 0.1) is 11.0 Å². The molecule has 7 rings (SSSR count). The molecule has 0 radical (unpaired) electrons. The quantitative estimate of drug-likeness (QED) is 0.240. The van der Waals surface area contributed by atoms with Crippen molar-refractivity contribution < 1.29 is 0 Å². The fraction of sp³-hybridized carbons (Fsp3) is 0. The lowest BCUT2D eigenvalue weighted by Gasteiger charge is -2.06. The predicted octanol–water partition coefficient (Wildman–Crippen LogP) is 7.96. The number of nitrogens with two attached hydrogens (primary N) is 1. The molecule has 0 atom stereocenters. The number of hydrogen-bond donors (Lipinski definition) is 2. The Morgan fingerprint density at radius 1 is 0.667 bits per heavy atom. The van der Waals surface area contributed by atoms with E-state index in [4.69, 9.17) is 22.3 Å². The summed E-state index contributed by atoms with van der Waals surface area (Å²) in [6, 6.07) is 31.1. The van der Waals surface area contributed by atoms with Gasteiger partial charge in [-0.2, -0.15) is 0 Å². The van der Waals surface area contributed by atoms with E-state index < -0.39 is 0 Å². The number of aromatic nitrogens is 4. The van der Waals surface area contributed by atoms with E-state index in [9.17, 15) is 0 Å². The molecule has 0 unspecified atom stereocenters. The third kappa shape index (κ3) is 3.42. The molecule has 172 valence electrons. The lowest BCUT2D eigenvalue weighted by molar-refractivity contribution is 1.10. The third-order valence-electron chi connectivity index (χ3n) is 6.45. The van der Waals surface area contributed by atoms with Crippen LogP contribution in [0.25, 0.3) is 65.7 Å². The lowest BCUT2D eigenvalue weighted by Crippen LogP contribution is -1.84. The van der Waals surface area contributed by atoms with Crippen LogP contribution in [0.2, 0.25) is 5.02 Å². The number of nitrogen functional groups attached to an aromatic ring is 1. The van der Waals surface area contributed by atoms with Gasteiger partial charge < -0.3 is 10.7 Å². The summed E-state index contributed by atoms with van der Waals surface area (Å²) in [5.74, 6) is 0.842. The van der Waals surface area contributed by atoms with Gasteiger partial charge in [-0.1, -0.05) is 95.7 Å². The largest absolute Gasteiger partial charge is 0.374 e. The summed E-state index contributed by atoms with van der Waals surface area (Å²) in [5, 5.41) is 14.6. The number of anilines is 1. The van der Waals surface area contributed by atoms with E-state index in [2.05, 4.69) is 94.0 Å². The highest BCUT2D eigenvalue weighted by Crippen LogP contribution is 2.36. The molecule has 5 aromatic carbocycles. The first-order valence-corrected chi connectivity index (χ1v) is 12.6. The van der Waals surface area contributed by atoms with Crippen molar-refractivity contribution in [1.29, 1.82) is 0 Å². The van der Waals surface area contributed by atoms with E-state index in [0.29, 0.717) is 10.2 Å². The van der Waals surface area contributed by atoms with E-state index in [0.717, 1.165) is 49.5 Å². The molecule has 2 heterocycles. The van der Waals surface area contributed by atoms with Crippen LogP contribution < -0.4 is 5.73 Å². The summed E-state index contributed by atoms with van der Waals surface area (Å²) in [6.07, 6.45) is 0. The van der Waals surface area contributed by atoms with Gasteiger partial charge in [-0.3, -0.25) is 0 Å². The molecule has 0 aliphatic carbocycles. The predicted molar refractivity (Wildman–Crippen MR) is 150 cm³/mol. The Hall–Kier alpha value is -4.26. The number of imidazole rings is 1. The zero-order chi connectivity index (χ0) is 24.2. The fourth-order valence-corrected chi connectivity index (χ4v) is 5.64. The fourth-order valence-electron chi connectivity index (χ4n) is 4.81. The van der Waals surface area contributed by atoms with Crippen molar-refractivity contribution in [2.45, 2.75) is 0 Å². The third-order valence-corrected chi connectivity index (χ3v) is 7.47. The number of nitrogens with zero attached hydrogens (tertiary/aromatic N) is 3. The van der Waals surface area contributed by atoms with Gasteiger partial charge in [0, 0.05) is 26.9 Å². The lowest BCUT2D eigenvalue weighted by atomic mass is 10.0. The smallest absolute Gasteiger partial charge is 0.203 e. The number of hydrogen-bond acceptors (Lipinski definition) is 5. The Morgan fingerprint density at radius 3 is 2.03 bits per heavy atom. The number of rotatable bonds is 3. The first-order chi connectivity index (χ1) is 17.6. The van der Waals surface area contributed by atoms with Gasteiger partial charge >= 0.3 is 0 Å². The first-order valence-electron chi connectivity index (χ1n) is 11.4. The van der Waals surface area contributed by atoms with Crippen molar-refractivity contribution in [3.63, 3.8) is 0 Å². The van der Waals surface area contributed by atoms with Gasteiger partial charge in [0.1, 0.15) is 10.8 Å². The minimum absolute atomic E-state index is 0.433. The highest BCUT2D eigenvalue weighted by molar-refractivity contribution is 7.18. The van der Waals surface area contributed by atoms with Crippen LogP contribution in [-0.2, 0) is 0 Å². The van der Waals surface area contributed by atoms with Crippen molar-refractivity contribution in [2.75, 3.05) is 5.73 Å². The zero-order valence-electron chi connectivity index (χ0n) is 18.9. The zero-order valence-corrected chi connectivity index (χ0v) is 20.4. The van der Waals surface area contributed by atoms with Gasteiger partial charge in [0.15, 0.2) is 0 Å². The van der Waals surface area contributed by atoms with Crippen molar-refractivity contribution in [3.05, 3.63) is 96.0 Å². The van der Waals surface area contributed by atoms with E-state index in [1.807, 2.05) is 12.1 Å². The summed E-state index contributed by atoms with van der Waals surface area (Å²) < 4.78 is 0. The monoisotopic (exact) mass is 503 g/mol. The highest BCUT2D eigenvalue weighted by atomic mass is 35.5. The van der Waals surface area contributed by atoms with Gasteiger partial charge in [0.2, 0.25) is 5.13 Å². The summed E-state index contributed by atoms with van der Waals surface area (Å²) in [5.41, 5.74) is 11.8. The molecular weight excluding hydrogens is 486 g/mol. The van der Waals surface area contributed by atoms with E-state index in [-0.39, 0.29) is 0 Å². The maximum Gasteiger partial charge on any atom is 0.203 e. The highest BCUT2D eigenvalue weighted by Gasteiger charge is 2.14. The van der Waals surface area contributed by atoms with Gasteiger partial charge in [-0.25, -0.2) is 4.98 Å². The minimum atomic E-state index is 0.433. The van der Waals surface area contributed by atoms with Gasteiger partial charge in [-0.15, -0.1) is 10.2 Å².